The second kappa shape index (κ2) is 5.13. The third-order valence-corrected chi connectivity index (χ3v) is 1.31. The molecule has 0 saturated carbocycles. The van der Waals surface area contributed by atoms with Crippen molar-refractivity contribution in [3.63, 3.8) is 0 Å². The van der Waals surface area contributed by atoms with Gasteiger partial charge in [-0.1, -0.05) is 30.3 Å². The quantitative estimate of drug-likeness (QED) is 0.492. The van der Waals surface area contributed by atoms with Crippen molar-refractivity contribution in [2.45, 2.75) is 0 Å². The molecule has 2 heteroatoms. The van der Waals surface area contributed by atoms with Crippen molar-refractivity contribution >= 4 is 6.21 Å². The first-order valence-corrected chi connectivity index (χ1v) is 3.69. The van der Waals surface area contributed by atoms with E-state index in [1.165, 1.54) is 6.26 Å². The summed E-state index contributed by atoms with van der Waals surface area (Å²) in [6.07, 6.45) is 4.90. The van der Waals surface area contributed by atoms with Gasteiger partial charge >= 0.3 is 0 Å². The van der Waals surface area contributed by atoms with Crippen LogP contribution in [0, 0.1) is 0 Å². The van der Waals surface area contributed by atoms with Crippen molar-refractivity contribution in [1.82, 2.24) is 0 Å². The van der Waals surface area contributed by atoms with Crippen molar-refractivity contribution in [2.24, 2.45) is 4.99 Å². The number of benzene rings is 1. The van der Waals surface area contributed by atoms with E-state index in [1.807, 2.05) is 30.3 Å². The van der Waals surface area contributed by atoms with Crippen LogP contribution in [0.2, 0.25) is 0 Å². The molecule has 0 spiro atoms. The molecule has 0 unspecified atom stereocenters. The maximum absolute atomic E-state index is 4.69. The molecule has 0 fully saturated rings. The number of hydrogen-bond donors (Lipinski definition) is 0. The van der Waals surface area contributed by atoms with Crippen molar-refractivity contribution in [1.29, 1.82) is 0 Å². The minimum Gasteiger partial charge on any atom is -0.503 e. The van der Waals surface area contributed by atoms with Crippen LogP contribution in [0.15, 0.2) is 47.8 Å². The second-order valence-electron chi connectivity index (χ2n) is 2.21. The fourth-order valence-electron chi connectivity index (χ4n) is 0.764. The van der Waals surface area contributed by atoms with Crippen LogP contribution >= 0.6 is 0 Å². The van der Waals surface area contributed by atoms with Gasteiger partial charge < -0.3 is 4.74 Å². The van der Waals surface area contributed by atoms with Gasteiger partial charge in [0.2, 0.25) is 0 Å². The molecule has 1 aromatic carbocycles. The van der Waals surface area contributed by atoms with Gasteiger partial charge in [-0.05, 0) is 5.56 Å². The molecule has 0 atom stereocenters. The molecule has 0 bridgehead atoms. The topological polar surface area (TPSA) is 21.6 Å². The Kier molecular flexibility index (Phi) is 3.64. The Hall–Kier alpha value is -1.57. The van der Waals surface area contributed by atoms with Gasteiger partial charge in [-0.2, -0.15) is 0 Å². The predicted molar refractivity (Wildman–Crippen MR) is 50.2 cm³/mol. The molecule has 0 amide bonds. The molecule has 0 saturated heterocycles. The average molecular weight is 161 g/mol. The van der Waals surface area contributed by atoms with Crippen LogP contribution in [-0.4, -0.2) is 13.3 Å². The summed E-state index contributed by atoms with van der Waals surface area (Å²) in [6.45, 7) is 0. The molecule has 1 aromatic rings. The smallest absolute Gasteiger partial charge is 0.101 e. The second-order valence-corrected chi connectivity index (χ2v) is 2.21. The summed E-state index contributed by atoms with van der Waals surface area (Å²) in [6, 6.07) is 9.90. The molecule has 0 aliphatic carbocycles. The number of hydrogen-bond acceptors (Lipinski definition) is 2. The van der Waals surface area contributed by atoms with E-state index < -0.39 is 0 Å². The fourth-order valence-corrected chi connectivity index (χ4v) is 0.764. The van der Waals surface area contributed by atoms with Gasteiger partial charge in [0.1, 0.15) is 6.26 Å². The van der Waals surface area contributed by atoms with Crippen LogP contribution in [0.3, 0.4) is 0 Å². The monoisotopic (exact) mass is 161 g/mol. The molecule has 0 radical (unpaired) electrons. The van der Waals surface area contributed by atoms with E-state index in [4.69, 9.17) is 0 Å². The van der Waals surface area contributed by atoms with Gasteiger partial charge in [0.15, 0.2) is 0 Å². The lowest BCUT2D eigenvalue weighted by molar-refractivity contribution is 0.337. The maximum atomic E-state index is 4.69. The summed E-state index contributed by atoms with van der Waals surface area (Å²) in [7, 11) is 1.59. The first-order valence-electron chi connectivity index (χ1n) is 3.69. The van der Waals surface area contributed by atoms with Crippen molar-refractivity contribution in [3.8, 4) is 0 Å². The lowest BCUT2D eigenvalue weighted by atomic mass is 10.2. The Morgan fingerprint density at radius 1 is 1.25 bits per heavy atom. The SMILES string of the molecule is CO/C=C\N=Cc1ccccc1. The van der Waals surface area contributed by atoms with Crippen LogP contribution in [0.4, 0.5) is 0 Å². The Labute approximate surface area is 72.2 Å². The summed E-state index contributed by atoms with van der Waals surface area (Å²) in [4.78, 5) is 4.00. The van der Waals surface area contributed by atoms with E-state index in [-0.39, 0.29) is 0 Å². The van der Waals surface area contributed by atoms with E-state index in [1.54, 1.807) is 19.5 Å². The molecule has 0 N–H and O–H groups in total. The van der Waals surface area contributed by atoms with Gasteiger partial charge in [-0.3, -0.25) is 4.99 Å². The average Bonchev–Trinajstić information content (AvgIpc) is 2.14. The maximum Gasteiger partial charge on any atom is 0.101 e. The Morgan fingerprint density at radius 2 is 2.00 bits per heavy atom. The molecule has 12 heavy (non-hydrogen) atoms. The number of rotatable bonds is 3. The third-order valence-electron chi connectivity index (χ3n) is 1.31. The standard InChI is InChI=1S/C10H11NO/c1-12-8-7-11-9-10-5-3-2-4-6-10/h2-9H,1H3/b8-7-,11-9?. The zero-order chi connectivity index (χ0) is 8.65. The highest BCUT2D eigenvalue weighted by atomic mass is 16.5. The van der Waals surface area contributed by atoms with Gasteiger partial charge in [0, 0.05) is 6.21 Å². The lowest BCUT2D eigenvalue weighted by Gasteiger charge is -1.87. The van der Waals surface area contributed by atoms with Gasteiger partial charge in [-0.15, -0.1) is 0 Å². The van der Waals surface area contributed by atoms with Crippen molar-refractivity contribution < 1.29 is 4.74 Å². The van der Waals surface area contributed by atoms with Crippen LogP contribution < -0.4 is 0 Å². The van der Waals surface area contributed by atoms with E-state index in [2.05, 4.69) is 9.73 Å². The van der Waals surface area contributed by atoms with E-state index in [9.17, 15) is 0 Å². The van der Waals surface area contributed by atoms with E-state index >= 15 is 0 Å². The van der Waals surface area contributed by atoms with Crippen molar-refractivity contribution in [3.05, 3.63) is 48.4 Å². The Bertz CT molecular complexity index is 264. The van der Waals surface area contributed by atoms with Gasteiger partial charge in [0.05, 0.1) is 13.3 Å². The lowest BCUT2D eigenvalue weighted by Crippen LogP contribution is -1.76. The zero-order valence-corrected chi connectivity index (χ0v) is 6.97. The molecule has 62 valence electrons. The summed E-state index contributed by atoms with van der Waals surface area (Å²) >= 11 is 0. The van der Waals surface area contributed by atoms with E-state index in [0.717, 1.165) is 5.56 Å². The van der Waals surface area contributed by atoms with Crippen LogP contribution in [0.25, 0.3) is 0 Å². The summed E-state index contributed by atoms with van der Waals surface area (Å²) in [5.41, 5.74) is 1.08. The molecule has 0 heterocycles. The highest BCUT2D eigenvalue weighted by Crippen LogP contribution is 1.93. The highest BCUT2D eigenvalue weighted by Gasteiger charge is 1.80. The van der Waals surface area contributed by atoms with Gasteiger partial charge in [0.25, 0.3) is 0 Å². The molecule has 0 aliphatic rings. The molecular formula is C10H11NO. The number of nitrogens with zero attached hydrogens (tertiary/aromatic N) is 1. The fraction of sp³-hybridized carbons (Fsp3) is 0.100. The van der Waals surface area contributed by atoms with Crippen molar-refractivity contribution in [2.75, 3.05) is 7.11 Å². The summed E-state index contributed by atoms with van der Waals surface area (Å²) in [5.74, 6) is 0. The van der Waals surface area contributed by atoms with Gasteiger partial charge in [-0.25, -0.2) is 0 Å². The zero-order valence-electron chi connectivity index (χ0n) is 6.97. The molecule has 0 aliphatic heterocycles. The predicted octanol–water partition coefficient (Wildman–Crippen LogP) is 2.22. The van der Waals surface area contributed by atoms with Crippen LogP contribution in [0.1, 0.15) is 5.56 Å². The van der Waals surface area contributed by atoms with Crippen LogP contribution in [-0.2, 0) is 4.74 Å². The molecular weight excluding hydrogens is 150 g/mol. The summed E-state index contributed by atoms with van der Waals surface area (Å²) < 4.78 is 4.69. The number of ether oxygens (including phenoxy) is 1. The Balaban J connectivity index is 2.52. The number of aliphatic imine (C=N–C) groups is 1. The molecule has 2 nitrogen and oxygen atoms in total. The molecule has 0 aromatic heterocycles. The minimum atomic E-state index is 1.08. The first-order chi connectivity index (χ1) is 5.93. The third kappa shape index (κ3) is 3.01. The minimum absolute atomic E-state index is 1.08. The molecule has 1 rings (SSSR count). The normalized spacial score (nSPS) is 11.1. The van der Waals surface area contributed by atoms with E-state index in [0.29, 0.717) is 0 Å². The van der Waals surface area contributed by atoms with Crippen LogP contribution in [0.5, 0.6) is 0 Å². The largest absolute Gasteiger partial charge is 0.503 e. The Morgan fingerprint density at radius 3 is 2.67 bits per heavy atom. The summed E-state index contributed by atoms with van der Waals surface area (Å²) in [5, 5.41) is 0. The number of methoxy groups -OCH3 is 1. The first kappa shape index (κ1) is 8.53. The highest BCUT2D eigenvalue weighted by molar-refractivity contribution is 5.79.